The Morgan fingerprint density at radius 3 is 2.71 bits per heavy atom. The summed E-state index contributed by atoms with van der Waals surface area (Å²) < 4.78 is 25.5. The van der Waals surface area contributed by atoms with Gasteiger partial charge < -0.3 is 25.4 Å². The van der Waals surface area contributed by atoms with Crippen molar-refractivity contribution in [2.24, 2.45) is 0 Å². The number of halogens is 2. The SMILES string of the molecule is COc1ccc(CNc2ncnc3c2CCCN3C(=O)Nc2c(C)ccc3c(Nc4cccc(Cl)c4F)nccc23)c(OC)c1. The van der Waals surface area contributed by atoms with E-state index in [9.17, 15) is 9.18 Å². The van der Waals surface area contributed by atoms with Gasteiger partial charge in [0, 0.05) is 47.3 Å². The van der Waals surface area contributed by atoms with E-state index in [2.05, 4.69) is 30.9 Å². The lowest BCUT2D eigenvalue weighted by atomic mass is 10.0. The summed E-state index contributed by atoms with van der Waals surface area (Å²) in [6, 6.07) is 15.6. The molecule has 3 aromatic carbocycles. The van der Waals surface area contributed by atoms with Crippen LogP contribution >= 0.6 is 11.6 Å². The van der Waals surface area contributed by atoms with Gasteiger partial charge in [-0.05, 0) is 55.7 Å². The number of methoxy groups -OCH3 is 2. The number of benzene rings is 3. The molecule has 12 heteroatoms. The summed E-state index contributed by atoms with van der Waals surface area (Å²) in [7, 11) is 3.23. The fourth-order valence-corrected chi connectivity index (χ4v) is 5.62. The van der Waals surface area contributed by atoms with Crippen molar-refractivity contribution >= 4 is 57.2 Å². The molecule has 0 radical (unpaired) electrons. The third kappa shape index (κ3) is 5.99. The van der Waals surface area contributed by atoms with Crippen LogP contribution in [0.25, 0.3) is 10.8 Å². The molecule has 0 spiro atoms. The minimum Gasteiger partial charge on any atom is -0.497 e. The molecule has 10 nitrogen and oxygen atoms in total. The quantitative estimate of drug-likeness (QED) is 0.162. The zero-order chi connectivity index (χ0) is 31.5. The number of anilines is 5. The summed E-state index contributed by atoms with van der Waals surface area (Å²) in [4.78, 5) is 28.9. The van der Waals surface area contributed by atoms with Crippen molar-refractivity contribution in [3.05, 3.63) is 94.7 Å². The van der Waals surface area contributed by atoms with Gasteiger partial charge in [-0.2, -0.15) is 0 Å². The first-order chi connectivity index (χ1) is 21.9. The molecule has 0 fully saturated rings. The van der Waals surface area contributed by atoms with E-state index in [1.54, 1.807) is 37.4 Å². The summed E-state index contributed by atoms with van der Waals surface area (Å²) in [5, 5.41) is 11.0. The molecule has 6 rings (SSSR count). The number of fused-ring (bicyclic) bond motifs is 2. The van der Waals surface area contributed by atoms with Gasteiger partial charge in [-0.1, -0.05) is 29.8 Å². The standard InChI is InChI=1S/C33H31ClFN7O3/c1-19-9-12-23-22(13-14-36-31(23)40-26-8-4-7-25(34)28(26)35)29(19)41-33(43)42-15-5-6-24-30(38-18-39-32(24)42)37-17-20-10-11-21(44-2)16-27(20)45-3/h4,7-14,16,18H,5-6,15,17H2,1-3H3,(H,36,40)(H,41,43)(H,37,38,39). The Morgan fingerprint density at radius 2 is 1.89 bits per heavy atom. The van der Waals surface area contributed by atoms with Gasteiger partial charge in [0.2, 0.25) is 0 Å². The molecule has 3 heterocycles. The number of nitrogens with one attached hydrogen (secondary N) is 3. The third-order valence-corrected chi connectivity index (χ3v) is 8.05. The van der Waals surface area contributed by atoms with E-state index in [-0.39, 0.29) is 16.7 Å². The van der Waals surface area contributed by atoms with Crippen LogP contribution in [0.15, 0.2) is 67.1 Å². The minimum absolute atomic E-state index is 0.00784. The van der Waals surface area contributed by atoms with Gasteiger partial charge in [-0.15, -0.1) is 0 Å². The number of carbonyl (C=O) groups excluding carboxylic acids is 1. The highest BCUT2D eigenvalue weighted by Gasteiger charge is 2.27. The lowest BCUT2D eigenvalue weighted by Gasteiger charge is -2.29. The van der Waals surface area contributed by atoms with Gasteiger partial charge in [-0.25, -0.2) is 24.1 Å². The van der Waals surface area contributed by atoms with Crippen LogP contribution in [0.1, 0.15) is 23.1 Å². The zero-order valence-electron chi connectivity index (χ0n) is 24.9. The second-order valence-electron chi connectivity index (χ2n) is 10.5. The predicted octanol–water partition coefficient (Wildman–Crippen LogP) is 7.48. The summed E-state index contributed by atoms with van der Waals surface area (Å²) in [6.45, 7) is 2.87. The van der Waals surface area contributed by atoms with E-state index in [0.717, 1.165) is 34.9 Å². The smallest absolute Gasteiger partial charge is 0.327 e. The maximum Gasteiger partial charge on any atom is 0.327 e. The van der Waals surface area contributed by atoms with Crippen LogP contribution in [0.2, 0.25) is 5.02 Å². The molecule has 5 aromatic rings. The van der Waals surface area contributed by atoms with Gasteiger partial charge in [0.25, 0.3) is 0 Å². The van der Waals surface area contributed by atoms with E-state index >= 15 is 0 Å². The molecule has 0 atom stereocenters. The molecule has 230 valence electrons. The molecule has 0 unspecified atom stereocenters. The van der Waals surface area contributed by atoms with E-state index in [0.29, 0.717) is 53.1 Å². The van der Waals surface area contributed by atoms with Crippen LogP contribution in [-0.2, 0) is 13.0 Å². The highest BCUT2D eigenvalue weighted by atomic mass is 35.5. The van der Waals surface area contributed by atoms with Crippen molar-refractivity contribution in [2.45, 2.75) is 26.3 Å². The van der Waals surface area contributed by atoms with Gasteiger partial charge in [0.1, 0.15) is 35.3 Å². The molecule has 0 aliphatic carbocycles. The monoisotopic (exact) mass is 627 g/mol. The molecule has 3 N–H and O–H groups in total. The Morgan fingerprint density at radius 1 is 1.02 bits per heavy atom. The summed E-state index contributed by atoms with van der Waals surface area (Å²) in [6.07, 6.45) is 4.53. The minimum atomic E-state index is -0.568. The topological polar surface area (TPSA) is 114 Å². The molecule has 2 aromatic heterocycles. The lowest BCUT2D eigenvalue weighted by molar-refractivity contribution is 0.256. The number of carbonyl (C=O) groups is 1. The van der Waals surface area contributed by atoms with Crippen LogP contribution in [0.5, 0.6) is 11.5 Å². The molecule has 1 aliphatic rings. The van der Waals surface area contributed by atoms with Crippen molar-refractivity contribution in [1.82, 2.24) is 15.0 Å². The van der Waals surface area contributed by atoms with Crippen LogP contribution in [0.4, 0.5) is 38.0 Å². The van der Waals surface area contributed by atoms with Crippen LogP contribution in [0.3, 0.4) is 0 Å². The van der Waals surface area contributed by atoms with Crippen LogP contribution in [0, 0.1) is 12.7 Å². The number of hydrogen-bond donors (Lipinski definition) is 3. The Labute approximate surface area is 264 Å². The van der Waals surface area contributed by atoms with E-state index in [1.165, 1.54) is 12.4 Å². The molecular weight excluding hydrogens is 597 g/mol. The Balaban J connectivity index is 1.26. The van der Waals surface area contributed by atoms with Gasteiger partial charge >= 0.3 is 6.03 Å². The van der Waals surface area contributed by atoms with Gasteiger partial charge in [0.05, 0.1) is 30.6 Å². The number of aromatic nitrogens is 3. The van der Waals surface area contributed by atoms with Crippen LogP contribution in [-0.4, -0.2) is 41.7 Å². The molecule has 0 saturated heterocycles. The highest BCUT2D eigenvalue weighted by Crippen LogP contribution is 2.35. The van der Waals surface area contributed by atoms with Crippen LogP contribution < -0.4 is 30.3 Å². The number of urea groups is 1. The van der Waals surface area contributed by atoms with Gasteiger partial charge in [0.15, 0.2) is 5.82 Å². The van der Waals surface area contributed by atoms with E-state index in [4.69, 9.17) is 21.1 Å². The molecule has 1 aliphatic heterocycles. The number of amides is 2. The highest BCUT2D eigenvalue weighted by molar-refractivity contribution is 6.31. The number of nitrogens with zero attached hydrogens (tertiary/aromatic N) is 4. The van der Waals surface area contributed by atoms with Crippen molar-refractivity contribution in [3.8, 4) is 11.5 Å². The maximum atomic E-state index is 14.6. The zero-order valence-corrected chi connectivity index (χ0v) is 25.7. The van der Waals surface area contributed by atoms with Crippen molar-refractivity contribution in [2.75, 3.05) is 41.6 Å². The third-order valence-electron chi connectivity index (χ3n) is 7.76. The lowest BCUT2D eigenvalue weighted by Crippen LogP contribution is -2.40. The second-order valence-corrected chi connectivity index (χ2v) is 10.9. The average Bonchev–Trinajstić information content (AvgIpc) is 3.06. The fourth-order valence-electron chi connectivity index (χ4n) is 5.44. The largest absolute Gasteiger partial charge is 0.497 e. The average molecular weight is 628 g/mol. The van der Waals surface area contributed by atoms with E-state index in [1.807, 2.05) is 43.3 Å². The first kappa shape index (κ1) is 29.9. The number of hydrogen-bond acceptors (Lipinski definition) is 8. The molecule has 2 amide bonds. The van der Waals surface area contributed by atoms with Crippen molar-refractivity contribution in [3.63, 3.8) is 0 Å². The predicted molar refractivity (Wildman–Crippen MR) is 175 cm³/mol. The van der Waals surface area contributed by atoms with E-state index < -0.39 is 5.82 Å². The molecule has 0 saturated carbocycles. The first-order valence-electron chi connectivity index (χ1n) is 14.3. The van der Waals surface area contributed by atoms with Gasteiger partial charge in [-0.3, -0.25) is 4.90 Å². The van der Waals surface area contributed by atoms with Crippen molar-refractivity contribution in [1.29, 1.82) is 0 Å². The summed E-state index contributed by atoms with van der Waals surface area (Å²) in [5.74, 6) is 2.48. The summed E-state index contributed by atoms with van der Waals surface area (Å²) in [5.41, 5.74) is 3.48. The Bertz CT molecular complexity index is 1910. The normalized spacial score (nSPS) is 12.4. The summed E-state index contributed by atoms with van der Waals surface area (Å²) >= 11 is 5.98. The Hall–Kier alpha value is -5.16. The number of pyridine rings is 1. The number of aryl methyl sites for hydroxylation is 1. The molecule has 0 bridgehead atoms. The Kier molecular flexibility index (Phi) is 8.52. The number of ether oxygens (including phenoxy) is 2. The first-order valence-corrected chi connectivity index (χ1v) is 14.7. The van der Waals surface area contributed by atoms with Crippen molar-refractivity contribution < 1.29 is 18.7 Å². The fraction of sp³-hybridized carbons (Fsp3) is 0.212. The number of rotatable bonds is 8. The maximum absolute atomic E-state index is 14.6. The second kappa shape index (κ2) is 12.8. The molecular formula is C33H31ClFN7O3. The molecule has 45 heavy (non-hydrogen) atoms.